The molecule has 0 saturated carbocycles. The quantitative estimate of drug-likeness (QED) is 0.727. The first kappa shape index (κ1) is 21.5. The molecule has 1 aromatic carbocycles. The Morgan fingerprint density at radius 1 is 1.04 bits per heavy atom. The van der Waals surface area contributed by atoms with Gasteiger partial charge in [0.2, 0.25) is 5.91 Å². The van der Waals surface area contributed by atoms with Gasteiger partial charge in [0.15, 0.2) is 6.61 Å². The number of esters is 1. The maximum atomic E-state index is 13.1. The Hall–Kier alpha value is -2.81. The van der Waals surface area contributed by atoms with Crippen molar-refractivity contribution < 1.29 is 27.9 Å². The zero-order valence-electron chi connectivity index (χ0n) is 15.8. The standard InChI is InChI=1S/C19H20F2N2O4S/c1-10-5-15(23-18(26)19(2,3)4)28-16(10)17(25)27-9-14(24)22-13-7-11(20)6-12(21)8-13/h5-8H,9H2,1-4H3,(H,22,24)(H,23,26). The number of amides is 2. The summed E-state index contributed by atoms with van der Waals surface area (Å²) in [4.78, 5) is 36.3. The number of thiophene rings is 1. The highest BCUT2D eigenvalue weighted by Crippen LogP contribution is 2.29. The Labute approximate surface area is 164 Å². The van der Waals surface area contributed by atoms with Crippen LogP contribution in [0.4, 0.5) is 19.5 Å². The number of aryl methyl sites for hydroxylation is 1. The summed E-state index contributed by atoms with van der Waals surface area (Å²) >= 11 is 1.03. The molecular formula is C19H20F2N2O4S. The number of carbonyl (C=O) groups is 3. The van der Waals surface area contributed by atoms with E-state index in [1.807, 2.05) is 0 Å². The van der Waals surface area contributed by atoms with Crippen LogP contribution in [0.15, 0.2) is 24.3 Å². The minimum absolute atomic E-state index is 0.0852. The van der Waals surface area contributed by atoms with Crippen molar-refractivity contribution in [1.29, 1.82) is 0 Å². The fourth-order valence-electron chi connectivity index (χ4n) is 2.07. The van der Waals surface area contributed by atoms with Crippen molar-refractivity contribution in [3.8, 4) is 0 Å². The van der Waals surface area contributed by atoms with E-state index in [1.165, 1.54) is 0 Å². The lowest BCUT2D eigenvalue weighted by molar-refractivity contribution is -0.123. The maximum absolute atomic E-state index is 13.1. The lowest BCUT2D eigenvalue weighted by atomic mass is 9.96. The first-order valence-corrected chi connectivity index (χ1v) is 9.12. The Bertz CT molecular complexity index is 899. The smallest absolute Gasteiger partial charge is 0.349 e. The average molecular weight is 410 g/mol. The zero-order chi connectivity index (χ0) is 21.1. The van der Waals surface area contributed by atoms with Crippen molar-refractivity contribution in [3.05, 3.63) is 46.3 Å². The third-order valence-corrected chi connectivity index (χ3v) is 4.63. The van der Waals surface area contributed by atoms with E-state index in [0.29, 0.717) is 16.6 Å². The summed E-state index contributed by atoms with van der Waals surface area (Å²) in [6, 6.07) is 4.19. The summed E-state index contributed by atoms with van der Waals surface area (Å²) in [5, 5.41) is 5.46. The molecule has 0 radical (unpaired) electrons. The van der Waals surface area contributed by atoms with Crippen molar-refractivity contribution in [3.63, 3.8) is 0 Å². The lowest BCUT2D eigenvalue weighted by Crippen LogP contribution is -2.27. The predicted molar refractivity (Wildman–Crippen MR) is 102 cm³/mol. The van der Waals surface area contributed by atoms with Crippen LogP contribution in [0, 0.1) is 24.0 Å². The third-order valence-electron chi connectivity index (χ3n) is 3.50. The molecule has 0 fully saturated rings. The molecule has 1 heterocycles. The molecule has 9 heteroatoms. The minimum Gasteiger partial charge on any atom is -0.451 e. The van der Waals surface area contributed by atoms with E-state index < -0.39 is 35.5 Å². The van der Waals surface area contributed by atoms with Gasteiger partial charge in [0.25, 0.3) is 5.91 Å². The van der Waals surface area contributed by atoms with E-state index in [9.17, 15) is 23.2 Å². The lowest BCUT2D eigenvalue weighted by Gasteiger charge is -2.16. The molecule has 28 heavy (non-hydrogen) atoms. The molecule has 0 unspecified atom stereocenters. The van der Waals surface area contributed by atoms with Crippen LogP contribution in [0.1, 0.15) is 36.0 Å². The molecule has 2 amide bonds. The van der Waals surface area contributed by atoms with Crippen molar-refractivity contribution in [2.75, 3.05) is 17.2 Å². The van der Waals surface area contributed by atoms with Crippen molar-refractivity contribution >= 4 is 39.8 Å². The fraction of sp³-hybridized carbons (Fsp3) is 0.316. The molecule has 150 valence electrons. The Morgan fingerprint density at radius 2 is 1.64 bits per heavy atom. The molecule has 0 atom stereocenters. The molecule has 6 nitrogen and oxygen atoms in total. The number of hydrogen-bond acceptors (Lipinski definition) is 5. The molecule has 0 aliphatic carbocycles. The summed E-state index contributed by atoms with van der Waals surface area (Å²) in [5.74, 6) is -3.36. The van der Waals surface area contributed by atoms with Gasteiger partial charge in [-0.05, 0) is 30.7 Å². The van der Waals surface area contributed by atoms with E-state index in [1.54, 1.807) is 33.8 Å². The normalized spacial score (nSPS) is 11.1. The fourth-order valence-corrected chi connectivity index (χ4v) is 3.03. The number of nitrogens with one attached hydrogen (secondary N) is 2. The van der Waals surface area contributed by atoms with E-state index in [-0.39, 0.29) is 16.5 Å². The van der Waals surface area contributed by atoms with Gasteiger partial charge in [-0.25, -0.2) is 13.6 Å². The van der Waals surface area contributed by atoms with Crippen LogP contribution in [0.5, 0.6) is 0 Å². The average Bonchev–Trinajstić information content (AvgIpc) is 2.91. The van der Waals surface area contributed by atoms with Crippen LogP contribution in [0.2, 0.25) is 0 Å². The van der Waals surface area contributed by atoms with Gasteiger partial charge in [0.1, 0.15) is 16.5 Å². The van der Waals surface area contributed by atoms with Crippen LogP contribution < -0.4 is 10.6 Å². The molecular weight excluding hydrogens is 390 g/mol. The Morgan fingerprint density at radius 3 is 2.21 bits per heavy atom. The summed E-state index contributed by atoms with van der Waals surface area (Å²) in [7, 11) is 0. The highest BCUT2D eigenvalue weighted by atomic mass is 32.1. The van der Waals surface area contributed by atoms with Gasteiger partial charge < -0.3 is 15.4 Å². The number of hydrogen-bond donors (Lipinski definition) is 2. The molecule has 0 bridgehead atoms. The SMILES string of the molecule is Cc1cc(NC(=O)C(C)(C)C)sc1C(=O)OCC(=O)Nc1cc(F)cc(F)c1. The topological polar surface area (TPSA) is 84.5 Å². The van der Waals surface area contributed by atoms with E-state index in [2.05, 4.69) is 10.6 Å². The third kappa shape index (κ3) is 5.85. The first-order chi connectivity index (χ1) is 13.0. The van der Waals surface area contributed by atoms with E-state index in [4.69, 9.17) is 4.74 Å². The summed E-state index contributed by atoms with van der Waals surface area (Å²) in [5.41, 5.74) is -0.0857. The number of halogens is 2. The number of carbonyl (C=O) groups excluding carboxylic acids is 3. The van der Waals surface area contributed by atoms with Crippen LogP contribution in [-0.4, -0.2) is 24.4 Å². The molecule has 2 aromatic rings. The van der Waals surface area contributed by atoms with Gasteiger partial charge in [-0.1, -0.05) is 20.8 Å². The summed E-state index contributed by atoms with van der Waals surface area (Å²) in [6.07, 6.45) is 0. The largest absolute Gasteiger partial charge is 0.451 e. The van der Waals surface area contributed by atoms with Crippen LogP contribution >= 0.6 is 11.3 Å². The van der Waals surface area contributed by atoms with Crippen LogP contribution in [0.25, 0.3) is 0 Å². The second kappa shape index (κ2) is 8.47. The molecule has 2 N–H and O–H groups in total. The molecule has 2 rings (SSSR count). The Kier molecular flexibility index (Phi) is 6.50. The number of benzene rings is 1. The highest BCUT2D eigenvalue weighted by molar-refractivity contribution is 7.18. The minimum atomic E-state index is -0.841. The van der Waals surface area contributed by atoms with Gasteiger partial charge in [0, 0.05) is 17.2 Å². The number of ether oxygens (including phenoxy) is 1. The second-order valence-corrected chi connectivity index (χ2v) is 8.16. The van der Waals surface area contributed by atoms with E-state index in [0.717, 1.165) is 23.5 Å². The van der Waals surface area contributed by atoms with Gasteiger partial charge in [-0.2, -0.15) is 0 Å². The molecule has 0 spiro atoms. The number of rotatable bonds is 5. The van der Waals surface area contributed by atoms with Gasteiger partial charge in [-0.15, -0.1) is 11.3 Å². The van der Waals surface area contributed by atoms with Gasteiger partial charge >= 0.3 is 5.97 Å². The zero-order valence-corrected chi connectivity index (χ0v) is 16.6. The maximum Gasteiger partial charge on any atom is 0.349 e. The molecule has 0 aliphatic heterocycles. The number of anilines is 2. The molecule has 0 saturated heterocycles. The summed E-state index contributed by atoms with van der Waals surface area (Å²) < 4.78 is 31.2. The molecule has 0 aliphatic rings. The van der Waals surface area contributed by atoms with E-state index >= 15 is 0 Å². The Balaban J connectivity index is 1.95. The van der Waals surface area contributed by atoms with Crippen molar-refractivity contribution in [1.82, 2.24) is 0 Å². The van der Waals surface area contributed by atoms with Crippen LogP contribution in [0.3, 0.4) is 0 Å². The first-order valence-electron chi connectivity index (χ1n) is 8.30. The monoisotopic (exact) mass is 410 g/mol. The highest BCUT2D eigenvalue weighted by Gasteiger charge is 2.23. The van der Waals surface area contributed by atoms with Gasteiger partial charge in [0.05, 0.1) is 5.00 Å². The van der Waals surface area contributed by atoms with Crippen molar-refractivity contribution in [2.45, 2.75) is 27.7 Å². The second-order valence-electron chi connectivity index (χ2n) is 7.11. The van der Waals surface area contributed by atoms with Gasteiger partial charge in [-0.3, -0.25) is 9.59 Å². The predicted octanol–water partition coefficient (Wildman–Crippen LogP) is 4.11. The molecule has 1 aromatic heterocycles. The van der Waals surface area contributed by atoms with Crippen molar-refractivity contribution in [2.24, 2.45) is 5.41 Å². The van der Waals surface area contributed by atoms with Crippen LogP contribution in [-0.2, 0) is 14.3 Å². The summed E-state index contributed by atoms with van der Waals surface area (Å²) in [6.45, 7) is 6.34.